The van der Waals surface area contributed by atoms with Crippen LogP contribution in [0.3, 0.4) is 0 Å². The topological polar surface area (TPSA) is 72.9 Å². The second-order valence-corrected chi connectivity index (χ2v) is 11.3. The minimum Gasteiger partial charge on any atom is -0.380 e. The van der Waals surface area contributed by atoms with Crippen molar-refractivity contribution in [1.29, 1.82) is 0 Å². The lowest BCUT2D eigenvalue weighted by atomic mass is 9.76. The summed E-state index contributed by atoms with van der Waals surface area (Å²) in [7, 11) is 0. The number of hydrogen-bond donors (Lipinski definition) is 2. The molecular weight excluding hydrogens is 557 g/mol. The first-order chi connectivity index (χ1) is 18.8. The average Bonchev–Trinajstić information content (AvgIpc) is 2.88. The van der Waals surface area contributed by atoms with E-state index in [0.717, 1.165) is 17.0 Å². The summed E-state index contributed by atoms with van der Waals surface area (Å²) in [6.45, 7) is 1.54. The van der Waals surface area contributed by atoms with E-state index in [0.29, 0.717) is 31.6 Å². The van der Waals surface area contributed by atoms with Crippen molar-refractivity contribution in [1.82, 2.24) is 9.80 Å². The fourth-order valence-electron chi connectivity index (χ4n) is 5.76. The summed E-state index contributed by atoms with van der Waals surface area (Å²) < 4.78 is 67.9. The van der Waals surface area contributed by atoms with Gasteiger partial charge in [0.05, 0.1) is 11.1 Å². The Morgan fingerprint density at radius 2 is 1.62 bits per heavy atom. The molecule has 3 fully saturated rings. The van der Waals surface area contributed by atoms with Crippen molar-refractivity contribution in [2.24, 2.45) is 5.92 Å². The zero-order valence-corrected chi connectivity index (χ0v) is 22.2. The van der Waals surface area contributed by atoms with E-state index in [9.17, 15) is 36.6 Å². The van der Waals surface area contributed by atoms with Gasteiger partial charge in [0.1, 0.15) is 0 Å². The average molecular weight is 586 g/mol. The molecule has 0 spiro atoms. The molecule has 5 rings (SSSR count). The number of likely N-dealkylation sites (tertiary alicyclic amines) is 2. The van der Waals surface area contributed by atoms with Gasteiger partial charge < -0.3 is 15.3 Å². The number of nitrogens with zero attached hydrogens (tertiary/aromatic N) is 2. The standard InChI is InChI=1S/C28H29ClF5N3O3/c29-23-12-19(6-7-22(23)24(38)17-13-26(30,31)14-17)35-20-15-37(16-20)21-8-10-36(11-9-21)25(39)27(40,28(32,33)34)18-4-2-1-3-5-18/h1-7,12,17,20-21,35,40H,8-11,13-16H2/t27-/m1/s1. The largest absolute Gasteiger partial charge is 0.430 e. The Morgan fingerprint density at radius 3 is 2.17 bits per heavy atom. The number of aliphatic hydroxyl groups is 1. The molecule has 2 saturated heterocycles. The molecule has 1 atom stereocenters. The van der Waals surface area contributed by atoms with E-state index in [2.05, 4.69) is 10.2 Å². The van der Waals surface area contributed by atoms with Crippen LogP contribution in [0.2, 0.25) is 5.02 Å². The molecule has 2 aromatic carbocycles. The maximum absolute atomic E-state index is 13.9. The molecule has 1 amide bonds. The summed E-state index contributed by atoms with van der Waals surface area (Å²) in [4.78, 5) is 28.7. The molecule has 0 aromatic heterocycles. The van der Waals surface area contributed by atoms with E-state index in [1.165, 1.54) is 18.2 Å². The summed E-state index contributed by atoms with van der Waals surface area (Å²) in [5, 5.41) is 14.1. The molecule has 1 saturated carbocycles. The summed E-state index contributed by atoms with van der Waals surface area (Å²) in [5.74, 6) is -5.24. The predicted octanol–water partition coefficient (Wildman–Crippen LogP) is 5.11. The molecular formula is C28H29ClF5N3O3. The second kappa shape index (κ2) is 10.6. The zero-order chi connectivity index (χ0) is 28.9. The highest BCUT2D eigenvalue weighted by Crippen LogP contribution is 2.45. The summed E-state index contributed by atoms with van der Waals surface area (Å²) in [6.07, 6.45) is -5.13. The van der Waals surface area contributed by atoms with E-state index < -0.39 is 47.9 Å². The van der Waals surface area contributed by atoms with E-state index in [4.69, 9.17) is 11.6 Å². The first-order valence-corrected chi connectivity index (χ1v) is 13.5. The molecule has 3 aliphatic rings. The fraction of sp³-hybridized carbons (Fsp3) is 0.500. The molecule has 40 heavy (non-hydrogen) atoms. The highest BCUT2D eigenvalue weighted by Gasteiger charge is 2.62. The van der Waals surface area contributed by atoms with Crippen molar-refractivity contribution in [3.8, 4) is 0 Å². The molecule has 216 valence electrons. The fourth-order valence-corrected chi connectivity index (χ4v) is 6.03. The lowest BCUT2D eigenvalue weighted by Crippen LogP contribution is -2.62. The predicted molar refractivity (Wildman–Crippen MR) is 138 cm³/mol. The monoisotopic (exact) mass is 585 g/mol. The van der Waals surface area contributed by atoms with Crippen molar-refractivity contribution in [2.45, 2.75) is 55.5 Å². The maximum Gasteiger partial charge on any atom is 0.430 e. The van der Waals surface area contributed by atoms with Gasteiger partial charge in [0.15, 0.2) is 5.78 Å². The Hall–Kier alpha value is -2.76. The quantitative estimate of drug-likeness (QED) is 0.349. The summed E-state index contributed by atoms with van der Waals surface area (Å²) >= 11 is 6.27. The third-order valence-corrected chi connectivity index (χ3v) is 8.47. The number of Topliss-reactive ketones (excluding diaryl/α,β-unsaturated/α-hetero) is 1. The van der Waals surface area contributed by atoms with Gasteiger partial charge in [-0.2, -0.15) is 13.2 Å². The molecule has 6 nitrogen and oxygen atoms in total. The highest BCUT2D eigenvalue weighted by molar-refractivity contribution is 6.34. The zero-order valence-electron chi connectivity index (χ0n) is 21.4. The Balaban J connectivity index is 1.11. The van der Waals surface area contributed by atoms with Crippen LogP contribution >= 0.6 is 11.6 Å². The van der Waals surface area contributed by atoms with E-state index in [1.54, 1.807) is 18.2 Å². The molecule has 0 radical (unpaired) electrons. The molecule has 2 aromatic rings. The minimum absolute atomic E-state index is 0.0796. The minimum atomic E-state index is -5.17. The number of nitrogens with one attached hydrogen (secondary N) is 1. The van der Waals surface area contributed by atoms with Crippen molar-refractivity contribution in [2.75, 3.05) is 31.5 Å². The van der Waals surface area contributed by atoms with Gasteiger partial charge in [0, 0.05) is 67.8 Å². The molecule has 2 heterocycles. The lowest BCUT2D eigenvalue weighted by molar-refractivity contribution is -0.262. The Labute approximate surface area is 233 Å². The number of alkyl halides is 5. The van der Waals surface area contributed by atoms with Crippen LogP contribution in [0.15, 0.2) is 48.5 Å². The van der Waals surface area contributed by atoms with Crippen LogP contribution < -0.4 is 5.32 Å². The molecule has 2 N–H and O–H groups in total. The van der Waals surface area contributed by atoms with Crippen LogP contribution in [-0.4, -0.2) is 77.0 Å². The lowest BCUT2D eigenvalue weighted by Gasteiger charge is -2.48. The van der Waals surface area contributed by atoms with Crippen molar-refractivity contribution < 1.29 is 36.6 Å². The number of hydrogen-bond acceptors (Lipinski definition) is 5. The first-order valence-electron chi connectivity index (χ1n) is 13.1. The number of halogens is 6. The normalized spacial score (nSPS) is 22.2. The number of carbonyl (C=O) groups is 2. The summed E-state index contributed by atoms with van der Waals surface area (Å²) in [5.41, 5.74) is -3.18. The smallest absolute Gasteiger partial charge is 0.380 e. The third-order valence-electron chi connectivity index (χ3n) is 8.16. The Kier molecular flexibility index (Phi) is 7.60. The molecule has 12 heteroatoms. The molecule has 1 aliphatic carbocycles. The number of benzene rings is 2. The van der Waals surface area contributed by atoms with Crippen molar-refractivity contribution >= 4 is 29.0 Å². The SMILES string of the molecule is O=C(c1ccc(NC2CN(C3CCN(C(=O)[C@](O)(c4ccccc4)C(F)(F)F)CC3)C2)cc1Cl)C1CC(F)(F)C1. The Morgan fingerprint density at radius 1 is 1.00 bits per heavy atom. The van der Waals surface area contributed by atoms with E-state index in [-0.39, 0.29) is 41.5 Å². The van der Waals surface area contributed by atoms with Crippen molar-refractivity contribution in [3.63, 3.8) is 0 Å². The van der Waals surface area contributed by atoms with Gasteiger partial charge in [-0.1, -0.05) is 41.9 Å². The van der Waals surface area contributed by atoms with Crippen molar-refractivity contribution in [3.05, 3.63) is 64.7 Å². The second-order valence-electron chi connectivity index (χ2n) is 10.9. The van der Waals surface area contributed by atoms with Gasteiger partial charge in [-0.25, -0.2) is 8.78 Å². The highest BCUT2D eigenvalue weighted by atomic mass is 35.5. The molecule has 2 aliphatic heterocycles. The van der Waals surface area contributed by atoms with E-state index >= 15 is 0 Å². The first kappa shape index (κ1) is 28.8. The van der Waals surface area contributed by atoms with Gasteiger partial charge in [-0.15, -0.1) is 0 Å². The van der Waals surface area contributed by atoms with Crippen LogP contribution in [0.1, 0.15) is 41.6 Å². The van der Waals surface area contributed by atoms with Crippen LogP contribution in [0.5, 0.6) is 0 Å². The number of ketones is 1. The summed E-state index contributed by atoms with van der Waals surface area (Å²) in [6, 6.07) is 11.4. The van der Waals surface area contributed by atoms with Crippen LogP contribution in [0.4, 0.5) is 27.6 Å². The molecule has 0 unspecified atom stereocenters. The van der Waals surface area contributed by atoms with Crippen LogP contribution in [-0.2, 0) is 10.4 Å². The van der Waals surface area contributed by atoms with Gasteiger partial charge in [-0.05, 0) is 31.0 Å². The van der Waals surface area contributed by atoms with Gasteiger partial charge in [0.2, 0.25) is 5.92 Å². The number of amides is 1. The number of rotatable bonds is 7. The third kappa shape index (κ3) is 5.43. The number of anilines is 1. The Bertz CT molecular complexity index is 1260. The number of carbonyl (C=O) groups excluding carboxylic acids is 2. The molecule has 0 bridgehead atoms. The van der Waals surface area contributed by atoms with E-state index in [1.807, 2.05) is 0 Å². The van der Waals surface area contributed by atoms with Gasteiger partial charge in [-0.3, -0.25) is 14.5 Å². The van der Waals surface area contributed by atoms with Gasteiger partial charge >= 0.3 is 6.18 Å². The number of piperidine rings is 1. The van der Waals surface area contributed by atoms with Crippen LogP contribution in [0, 0.1) is 5.92 Å². The van der Waals surface area contributed by atoms with Crippen LogP contribution in [0.25, 0.3) is 0 Å². The van der Waals surface area contributed by atoms with Gasteiger partial charge in [0.25, 0.3) is 11.5 Å². The maximum atomic E-state index is 13.9.